The SMILES string of the molecule is CCCCCCC=NNC(=O)C(C)Oc1ccc(Cl)cc1C. The van der Waals surface area contributed by atoms with Crippen molar-refractivity contribution in [1.29, 1.82) is 0 Å². The van der Waals surface area contributed by atoms with Gasteiger partial charge in [0, 0.05) is 11.2 Å². The molecule has 0 aromatic heterocycles. The zero-order chi connectivity index (χ0) is 16.4. The summed E-state index contributed by atoms with van der Waals surface area (Å²) in [6.07, 6.45) is 6.77. The molecule has 0 aliphatic rings. The molecule has 0 bridgehead atoms. The predicted molar refractivity (Wildman–Crippen MR) is 91.7 cm³/mol. The minimum atomic E-state index is -0.614. The van der Waals surface area contributed by atoms with Gasteiger partial charge in [0.15, 0.2) is 6.10 Å². The number of unbranched alkanes of at least 4 members (excludes halogenated alkanes) is 4. The second-order valence-corrected chi connectivity index (χ2v) is 5.74. The van der Waals surface area contributed by atoms with Gasteiger partial charge in [0.1, 0.15) is 5.75 Å². The molecule has 5 heteroatoms. The molecule has 1 aromatic carbocycles. The van der Waals surface area contributed by atoms with Gasteiger partial charge in [-0.1, -0.05) is 37.8 Å². The molecule has 0 radical (unpaired) electrons. The van der Waals surface area contributed by atoms with Gasteiger partial charge in [-0.3, -0.25) is 4.79 Å². The summed E-state index contributed by atoms with van der Waals surface area (Å²) in [5.74, 6) is 0.384. The Bertz CT molecular complexity index is 503. The molecule has 1 atom stereocenters. The molecule has 0 spiro atoms. The van der Waals surface area contributed by atoms with Crippen LogP contribution in [0.25, 0.3) is 0 Å². The zero-order valence-electron chi connectivity index (χ0n) is 13.6. The van der Waals surface area contributed by atoms with Crippen LogP contribution in [0, 0.1) is 6.92 Å². The van der Waals surface area contributed by atoms with Crippen LogP contribution in [0.1, 0.15) is 51.5 Å². The van der Waals surface area contributed by atoms with Gasteiger partial charge in [-0.2, -0.15) is 5.10 Å². The standard InChI is InChI=1S/C17H25ClN2O2/c1-4-5-6-7-8-11-19-20-17(21)14(3)22-16-10-9-15(18)12-13(16)2/h9-12,14H,4-8H2,1-3H3,(H,20,21). The molecule has 0 saturated carbocycles. The Morgan fingerprint density at radius 3 is 2.86 bits per heavy atom. The summed E-state index contributed by atoms with van der Waals surface area (Å²) in [5.41, 5.74) is 3.40. The first-order valence-corrected chi connectivity index (χ1v) is 8.16. The van der Waals surface area contributed by atoms with Crippen LogP contribution >= 0.6 is 11.6 Å². The van der Waals surface area contributed by atoms with Gasteiger partial charge in [-0.15, -0.1) is 0 Å². The highest BCUT2D eigenvalue weighted by atomic mass is 35.5. The number of amides is 1. The number of rotatable bonds is 9. The lowest BCUT2D eigenvalue weighted by atomic mass is 10.2. The molecule has 22 heavy (non-hydrogen) atoms. The van der Waals surface area contributed by atoms with Gasteiger partial charge in [0.2, 0.25) is 0 Å². The van der Waals surface area contributed by atoms with E-state index in [1.165, 1.54) is 19.3 Å². The number of hydrazone groups is 1. The van der Waals surface area contributed by atoms with Crippen LogP contribution in [0.2, 0.25) is 5.02 Å². The second-order valence-electron chi connectivity index (χ2n) is 5.31. The molecule has 1 amide bonds. The van der Waals surface area contributed by atoms with E-state index in [2.05, 4.69) is 17.5 Å². The number of halogens is 1. The largest absolute Gasteiger partial charge is 0.481 e. The molecule has 1 aromatic rings. The fraction of sp³-hybridized carbons (Fsp3) is 0.529. The van der Waals surface area contributed by atoms with Gasteiger partial charge in [0.05, 0.1) is 0 Å². The van der Waals surface area contributed by atoms with E-state index in [4.69, 9.17) is 16.3 Å². The summed E-state index contributed by atoms with van der Waals surface area (Å²) in [5, 5.41) is 4.59. The first-order valence-electron chi connectivity index (χ1n) is 7.78. The van der Waals surface area contributed by atoms with E-state index in [9.17, 15) is 4.79 Å². The monoisotopic (exact) mass is 324 g/mol. The van der Waals surface area contributed by atoms with Crippen molar-refractivity contribution in [1.82, 2.24) is 5.43 Å². The van der Waals surface area contributed by atoms with Crippen molar-refractivity contribution in [3.05, 3.63) is 28.8 Å². The fourth-order valence-electron chi connectivity index (χ4n) is 1.92. The van der Waals surface area contributed by atoms with E-state index in [-0.39, 0.29) is 5.91 Å². The average molecular weight is 325 g/mol. The van der Waals surface area contributed by atoms with E-state index in [1.54, 1.807) is 31.3 Å². The zero-order valence-corrected chi connectivity index (χ0v) is 14.3. The summed E-state index contributed by atoms with van der Waals surface area (Å²) in [4.78, 5) is 11.9. The average Bonchev–Trinajstić information content (AvgIpc) is 2.48. The number of carbonyl (C=O) groups is 1. The van der Waals surface area contributed by atoms with Crippen molar-refractivity contribution in [2.24, 2.45) is 5.10 Å². The smallest absolute Gasteiger partial charge is 0.280 e. The molecule has 4 nitrogen and oxygen atoms in total. The van der Waals surface area contributed by atoms with Gasteiger partial charge in [-0.05, 0) is 50.5 Å². The Balaban J connectivity index is 2.34. The van der Waals surface area contributed by atoms with Crippen molar-refractivity contribution in [2.45, 2.75) is 59.0 Å². The maximum atomic E-state index is 11.9. The van der Waals surface area contributed by atoms with Crippen molar-refractivity contribution in [2.75, 3.05) is 0 Å². The summed E-state index contributed by atoms with van der Waals surface area (Å²) in [7, 11) is 0. The number of hydrogen-bond acceptors (Lipinski definition) is 3. The molecule has 1 rings (SSSR count). The normalized spacial score (nSPS) is 12.4. The number of aryl methyl sites for hydroxylation is 1. The summed E-state index contributed by atoms with van der Waals surface area (Å²) < 4.78 is 5.63. The van der Waals surface area contributed by atoms with Gasteiger partial charge in [0.25, 0.3) is 5.91 Å². The van der Waals surface area contributed by atoms with Crippen LogP contribution in [0.5, 0.6) is 5.75 Å². The number of benzene rings is 1. The van der Waals surface area contributed by atoms with E-state index in [1.807, 2.05) is 6.92 Å². The lowest BCUT2D eigenvalue weighted by Crippen LogP contribution is -2.33. The lowest BCUT2D eigenvalue weighted by molar-refractivity contribution is -0.127. The van der Waals surface area contributed by atoms with Crippen molar-refractivity contribution >= 4 is 23.7 Å². The van der Waals surface area contributed by atoms with Crippen molar-refractivity contribution < 1.29 is 9.53 Å². The maximum absolute atomic E-state index is 11.9. The minimum absolute atomic E-state index is 0.265. The van der Waals surface area contributed by atoms with E-state index >= 15 is 0 Å². The third-order valence-corrected chi connectivity index (χ3v) is 3.50. The van der Waals surface area contributed by atoms with Crippen LogP contribution < -0.4 is 10.2 Å². The quantitative estimate of drug-likeness (QED) is 0.413. The van der Waals surface area contributed by atoms with Crippen LogP contribution in [0.4, 0.5) is 0 Å². The Labute approximate surface area is 137 Å². The molecule has 1 unspecified atom stereocenters. The number of nitrogens with one attached hydrogen (secondary N) is 1. The van der Waals surface area contributed by atoms with Gasteiger partial charge < -0.3 is 4.74 Å². The van der Waals surface area contributed by atoms with E-state index in [0.717, 1.165) is 18.4 Å². The van der Waals surface area contributed by atoms with Gasteiger partial charge >= 0.3 is 0 Å². The summed E-state index contributed by atoms with van der Waals surface area (Å²) in [6.45, 7) is 5.76. The lowest BCUT2D eigenvalue weighted by Gasteiger charge is -2.14. The number of hydrogen-bond donors (Lipinski definition) is 1. The molecule has 0 heterocycles. The van der Waals surface area contributed by atoms with Crippen LogP contribution in [0.15, 0.2) is 23.3 Å². The van der Waals surface area contributed by atoms with E-state index in [0.29, 0.717) is 10.8 Å². The third kappa shape index (κ3) is 6.94. The first-order chi connectivity index (χ1) is 10.5. The molecular formula is C17H25ClN2O2. The highest BCUT2D eigenvalue weighted by Gasteiger charge is 2.14. The molecule has 0 fully saturated rings. The first kappa shape index (κ1) is 18.5. The molecule has 122 valence electrons. The molecule has 1 N–H and O–H groups in total. The number of ether oxygens (including phenoxy) is 1. The number of carbonyl (C=O) groups excluding carboxylic acids is 1. The topological polar surface area (TPSA) is 50.7 Å². The minimum Gasteiger partial charge on any atom is -0.481 e. The third-order valence-electron chi connectivity index (χ3n) is 3.26. The molecule has 0 aliphatic carbocycles. The van der Waals surface area contributed by atoms with Gasteiger partial charge in [-0.25, -0.2) is 5.43 Å². The Kier molecular flexibility index (Phi) is 8.60. The summed E-state index contributed by atoms with van der Waals surface area (Å²) in [6, 6.07) is 5.30. The van der Waals surface area contributed by atoms with Crippen LogP contribution in [0.3, 0.4) is 0 Å². The Hall–Kier alpha value is -1.55. The maximum Gasteiger partial charge on any atom is 0.280 e. The summed E-state index contributed by atoms with van der Waals surface area (Å²) >= 11 is 5.89. The van der Waals surface area contributed by atoms with Crippen LogP contribution in [-0.4, -0.2) is 18.2 Å². The number of nitrogens with zero attached hydrogens (tertiary/aromatic N) is 1. The Morgan fingerprint density at radius 1 is 1.41 bits per heavy atom. The Morgan fingerprint density at radius 2 is 2.18 bits per heavy atom. The molecule has 0 aliphatic heterocycles. The van der Waals surface area contributed by atoms with E-state index < -0.39 is 6.10 Å². The second kappa shape index (κ2) is 10.2. The van der Waals surface area contributed by atoms with Crippen molar-refractivity contribution in [3.63, 3.8) is 0 Å². The van der Waals surface area contributed by atoms with Crippen molar-refractivity contribution in [3.8, 4) is 5.75 Å². The van der Waals surface area contributed by atoms with Crippen LogP contribution in [-0.2, 0) is 4.79 Å². The highest BCUT2D eigenvalue weighted by Crippen LogP contribution is 2.22. The fourth-order valence-corrected chi connectivity index (χ4v) is 2.14. The highest BCUT2D eigenvalue weighted by molar-refractivity contribution is 6.30. The molecular weight excluding hydrogens is 300 g/mol. The molecule has 0 saturated heterocycles. The predicted octanol–water partition coefficient (Wildman–Crippen LogP) is 4.49.